The van der Waals surface area contributed by atoms with Gasteiger partial charge in [0, 0.05) is 8.95 Å². The first kappa shape index (κ1) is 13.7. The van der Waals surface area contributed by atoms with Crippen LogP contribution in [0.15, 0.2) is 56.3 Å². The van der Waals surface area contributed by atoms with E-state index in [1.165, 1.54) is 6.07 Å². The summed E-state index contributed by atoms with van der Waals surface area (Å²) < 4.78 is 32.3. The SMILES string of the molecule is O=S(=O)(O)c1cc(Br)c(-c2ccccc2)cc1Br. The van der Waals surface area contributed by atoms with Gasteiger partial charge in [-0.05, 0) is 39.2 Å². The van der Waals surface area contributed by atoms with Crippen LogP contribution in [0.4, 0.5) is 0 Å². The van der Waals surface area contributed by atoms with E-state index >= 15 is 0 Å². The average Bonchev–Trinajstić information content (AvgIpc) is 2.31. The van der Waals surface area contributed by atoms with Gasteiger partial charge in [0.25, 0.3) is 10.1 Å². The zero-order valence-corrected chi connectivity index (χ0v) is 13.0. The molecule has 0 bridgehead atoms. The molecule has 0 aromatic heterocycles. The van der Waals surface area contributed by atoms with E-state index in [9.17, 15) is 8.42 Å². The van der Waals surface area contributed by atoms with E-state index in [4.69, 9.17) is 4.55 Å². The standard InChI is InChI=1S/C12H8Br2O3S/c13-10-7-12(18(15,16)17)11(14)6-9(10)8-4-2-1-3-5-8/h1-7H,(H,15,16,17). The van der Waals surface area contributed by atoms with Crippen LogP contribution < -0.4 is 0 Å². The van der Waals surface area contributed by atoms with Crippen LogP contribution in [0.3, 0.4) is 0 Å². The van der Waals surface area contributed by atoms with Crippen molar-refractivity contribution < 1.29 is 13.0 Å². The molecule has 0 aliphatic rings. The Morgan fingerprint density at radius 1 is 0.944 bits per heavy atom. The van der Waals surface area contributed by atoms with Gasteiger partial charge in [-0.2, -0.15) is 8.42 Å². The average molecular weight is 392 g/mol. The minimum Gasteiger partial charge on any atom is -0.282 e. The summed E-state index contributed by atoms with van der Waals surface area (Å²) in [5.41, 5.74) is 1.79. The van der Waals surface area contributed by atoms with Gasteiger partial charge in [0.1, 0.15) is 4.90 Å². The summed E-state index contributed by atoms with van der Waals surface area (Å²) in [5.74, 6) is 0. The Balaban J connectivity index is 2.65. The Labute approximate surface area is 122 Å². The van der Waals surface area contributed by atoms with Crippen molar-refractivity contribution in [3.8, 4) is 11.1 Å². The maximum atomic E-state index is 11.2. The lowest BCUT2D eigenvalue weighted by atomic mass is 10.1. The summed E-state index contributed by atoms with van der Waals surface area (Å²) in [5, 5.41) is 0. The molecule has 0 unspecified atom stereocenters. The Bertz CT molecular complexity index is 682. The number of hydrogen-bond donors (Lipinski definition) is 1. The maximum Gasteiger partial charge on any atom is 0.295 e. The predicted molar refractivity (Wildman–Crippen MR) is 77.1 cm³/mol. The third kappa shape index (κ3) is 2.83. The summed E-state index contributed by atoms with van der Waals surface area (Å²) in [6, 6.07) is 12.6. The third-order valence-electron chi connectivity index (χ3n) is 2.38. The Morgan fingerprint density at radius 3 is 2.11 bits per heavy atom. The minimum absolute atomic E-state index is 0.158. The lowest BCUT2D eigenvalue weighted by molar-refractivity contribution is 0.482. The van der Waals surface area contributed by atoms with E-state index in [-0.39, 0.29) is 4.90 Å². The lowest BCUT2D eigenvalue weighted by Gasteiger charge is -2.08. The highest BCUT2D eigenvalue weighted by molar-refractivity contribution is 9.11. The van der Waals surface area contributed by atoms with Gasteiger partial charge in [0.15, 0.2) is 0 Å². The molecular formula is C12H8Br2O3S. The molecule has 0 saturated carbocycles. The largest absolute Gasteiger partial charge is 0.295 e. The van der Waals surface area contributed by atoms with Gasteiger partial charge >= 0.3 is 0 Å². The molecule has 3 nitrogen and oxygen atoms in total. The van der Waals surface area contributed by atoms with E-state index in [1.54, 1.807) is 6.07 Å². The first-order valence-electron chi connectivity index (χ1n) is 4.91. The molecule has 0 atom stereocenters. The van der Waals surface area contributed by atoms with Crippen LogP contribution >= 0.6 is 31.9 Å². The van der Waals surface area contributed by atoms with Gasteiger partial charge in [-0.25, -0.2) is 0 Å². The highest BCUT2D eigenvalue weighted by atomic mass is 79.9. The molecule has 0 heterocycles. The molecule has 6 heteroatoms. The number of benzene rings is 2. The van der Waals surface area contributed by atoms with E-state index in [0.29, 0.717) is 8.95 Å². The molecule has 0 aliphatic heterocycles. The third-order valence-corrected chi connectivity index (χ3v) is 4.85. The van der Waals surface area contributed by atoms with Crippen LogP contribution in [0.5, 0.6) is 0 Å². The van der Waals surface area contributed by atoms with Gasteiger partial charge in [-0.15, -0.1) is 0 Å². The van der Waals surface area contributed by atoms with Crippen LogP contribution in [0.2, 0.25) is 0 Å². The number of halogens is 2. The lowest BCUT2D eigenvalue weighted by Crippen LogP contribution is -1.99. The second-order valence-electron chi connectivity index (χ2n) is 3.60. The first-order valence-corrected chi connectivity index (χ1v) is 7.94. The van der Waals surface area contributed by atoms with Gasteiger partial charge in [0.05, 0.1) is 0 Å². The van der Waals surface area contributed by atoms with Crippen molar-refractivity contribution in [2.24, 2.45) is 0 Å². The van der Waals surface area contributed by atoms with Gasteiger partial charge < -0.3 is 0 Å². The molecule has 0 aliphatic carbocycles. The molecule has 0 fully saturated rings. The molecule has 0 saturated heterocycles. The predicted octanol–water partition coefficient (Wildman–Crippen LogP) is 4.13. The van der Waals surface area contributed by atoms with Crippen molar-refractivity contribution in [1.82, 2.24) is 0 Å². The molecular weight excluding hydrogens is 384 g/mol. The quantitative estimate of drug-likeness (QED) is 0.783. The molecule has 2 rings (SSSR count). The van der Waals surface area contributed by atoms with Crippen LogP contribution in [0, 0.1) is 0 Å². The second-order valence-corrected chi connectivity index (χ2v) is 6.70. The normalized spacial score (nSPS) is 11.5. The monoisotopic (exact) mass is 390 g/mol. The van der Waals surface area contributed by atoms with Crippen LogP contribution in [-0.2, 0) is 10.1 Å². The zero-order chi connectivity index (χ0) is 13.3. The van der Waals surface area contributed by atoms with Crippen LogP contribution in [0.25, 0.3) is 11.1 Å². The van der Waals surface area contributed by atoms with Gasteiger partial charge in [-0.3, -0.25) is 4.55 Å². The molecule has 1 N–H and O–H groups in total. The van der Waals surface area contributed by atoms with Crippen molar-refractivity contribution in [2.45, 2.75) is 4.90 Å². The van der Waals surface area contributed by atoms with E-state index < -0.39 is 10.1 Å². The van der Waals surface area contributed by atoms with Crippen LogP contribution in [-0.4, -0.2) is 13.0 Å². The smallest absolute Gasteiger partial charge is 0.282 e. The molecule has 0 amide bonds. The Hall–Kier alpha value is -0.690. The second kappa shape index (κ2) is 5.13. The Morgan fingerprint density at radius 2 is 1.56 bits per heavy atom. The molecule has 94 valence electrons. The maximum absolute atomic E-state index is 11.2. The Kier molecular flexibility index (Phi) is 3.91. The summed E-state index contributed by atoms with van der Waals surface area (Å²) in [4.78, 5) is -0.158. The topological polar surface area (TPSA) is 54.4 Å². The van der Waals surface area contributed by atoms with E-state index in [2.05, 4.69) is 31.9 Å². The fourth-order valence-corrected chi connectivity index (χ4v) is 3.82. The van der Waals surface area contributed by atoms with Crippen LogP contribution in [0.1, 0.15) is 0 Å². The minimum atomic E-state index is -4.23. The van der Waals surface area contributed by atoms with Crippen molar-refractivity contribution in [3.05, 3.63) is 51.4 Å². The fourth-order valence-electron chi connectivity index (χ4n) is 1.57. The summed E-state index contributed by atoms with van der Waals surface area (Å²) in [6.45, 7) is 0. The molecule has 0 radical (unpaired) electrons. The first-order chi connectivity index (χ1) is 8.39. The fraction of sp³-hybridized carbons (Fsp3) is 0. The molecule has 0 spiro atoms. The molecule has 2 aromatic rings. The van der Waals surface area contributed by atoms with Crippen molar-refractivity contribution in [2.75, 3.05) is 0 Å². The highest BCUT2D eigenvalue weighted by Crippen LogP contribution is 2.35. The molecule has 2 aromatic carbocycles. The number of hydrogen-bond acceptors (Lipinski definition) is 2. The summed E-state index contributed by atoms with van der Waals surface area (Å²) >= 11 is 6.47. The van der Waals surface area contributed by atoms with Crippen molar-refractivity contribution in [1.29, 1.82) is 0 Å². The van der Waals surface area contributed by atoms with Crippen molar-refractivity contribution in [3.63, 3.8) is 0 Å². The number of rotatable bonds is 2. The van der Waals surface area contributed by atoms with E-state index in [0.717, 1.165) is 11.1 Å². The molecule has 18 heavy (non-hydrogen) atoms. The van der Waals surface area contributed by atoms with E-state index in [1.807, 2.05) is 30.3 Å². The van der Waals surface area contributed by atoms with Crippen molar-refractivity contribution >= 4 is 42.0 Å². The summed E-state index contributed by atoms with van der Waals surface area (Å²) in [7, 11) is -4.23. The van der Waals surface area contributed by atoms with Gasteiger partial charge in [-0.1, -0.05) is 46.3 Å². The summed E-state index contributed by atoms with van der Waals surface area (Å²) in [6.07, 6.45) is 0. The van der Waals surface area contributed by atoms with Gasteiger partial charge in [0.2, 0.25) is 0 Å². The zero-order valence-electron chi connectivity index (χ0n) is 8.97. The highest BCUT2D eigenvalue weighted by Gasteiger charge is 2.17.